The van der Waals surface area contributed by atoms with E-state index in [1.807, 2.05) is 30.3 Å². The Morgan fingerprint density at radius 2 is 1.38 bits per heavy atom. The van der Waals surface area contributed by atoms with Crippen molar-refractivity contribution < 1.29 is 26.4 Å². The lowest BCUT2D eigenvalue weighted by Gasteiger charge is -2.40. The molecule has 0 spiro atoms. The third kappa shape index (κ3) is 6.99. The first kappa shape index (κ1) is 22.5. The van der Waals surface area contributed by atoms with E-state index in [1.54, 1.807) is 0 Å². The van der Waals surface area contributed by atoms with Crippen LogP contribution < -0.4 is 17.1 Å². The number of likely N-dealkylation sites (N-methyl/N-ethyl adjacent to an activating group) is 1. The maximum atomic E-state index is 5.82. The number of halogens is 1. The van der Waals surface area contributed by atoms with E-state index >= 15 is 0 Å². The molecule has 0 aromatic heterocycles. The second kappa shape index (κ2) is 11.2. The summed E-state index contributed by atoms with van der Waals surface area (Å²) in [6.45, 7) is 7.51. The number of ether oxygens (including phenoxy) is 2. The molecule has 2 aromatic rings. The molecular formula is C22H32ClNO2. The quantitative estimate of drug-likeness (QED) is 0.462. The Labute approximate surface area is 164 Å². The molecule has 0 aliphatic rings. The minimum Gasteiger partial charge on any atom is -1.00 e. The lowest BCUT2D eigenvalue weighted by Crippen LogP contribution is -3.00. The molecule has 2 rings (SSSR count). The number of benzene rings is 2. The summed E-state index contributed by atoms with van der Waals surface area (Å²) in [5.74, 6) is 1.46. The highest BCUT2D eigenvalue weighted by molar-refractivity contribution is 5.20. The molecule has 0 aliphatic carbocycles. The highest BCUT2D eigenvalue weighted by Crippen LogP contribution is 2.31. The van der Waals surface area contributed by atoms with E-state index < -0.39 is 0 Å². The normalized spacial score (nSPS) is 12.5. The zero-order valence-electron chi connectivity index (χ0n) is 16.4. The van der Waals surface area contributed by atoms with Crippen molar-refractivity contribution >= 4 is 0 Å². The van der Waals surface area contributed by atoms with Gasteiger partial charge in [-0.05, 0) is 12.1 Å². The topological polar surface area (TPSA) is 18.5 Å². The molecule has 0 radical (unpaired) electrons. The molecule has 0 fully saturated rings. The van der Waals surface area contributed by atoms with E-state index in [0.717, 1.165) is 23.4 Å². The van der Waals surface area contributed by atoms with Crippen LogP contribution in [0.25, 0.3) is 0 Å². The largest absolute Gasteiger partial charge is 1.00 e. The van der Waals surface area contributed by atoms with Gasteiger partial charge in [0.15, 0.2) is 0 Å². The van der Waals surface area contributed by atoms with Crippen LogP contribution in [0.5, 0.6) is 5.75 Å². The van der Waals surface area contributed by atoms with Crippen LogP contribution >= 0.6 is 0 Å². The van der Waals surface area contributed by atoms with Crippen molar-refractivity contribution in [3.05, 3.63) is 66.2 Å². The standard InChI is InChI=1S/C22H32NO2.ClH/c1-19(2)22(20-11-7-5-8-12-20)23(3,4)15-16-24-17-18-25-21-13-9-6-10-14-21;/h5-14,19,22H,15-18H2,1-4H3;1H/q+1;/p-1. The summed E-state index contributed by atoms with van der Waals surface area (Å²) >= 11 is 0. The van der Waals surface area contributed by atoms with Crippen molar-refractivity contribution in [1.82, 2.24) is 0 Å². The number of hydrogen-bond acceptors (Lipinski definition) is 2. The maximum absolute atomic E-state index is 5.82. The first-order chi connectivity index (χ1) is 12.0. The Morgan fingerprint density at radius 3 is 1.96 bits per heavy atom. The third-order valence-corrected chi connectivity index (χ3v) is 4.58. The molecule has 0 bridgehead atoms. The van der Waals surface area contributed by atoms with E-state index in [1.165, 1.54) is 5.56 Å². The van der Waals surface area contributed by atoms with E-state index in [2.05, 4.69) is 58.3 Å². The summed E-state index contributed by atoms with van der Waals surface area (Å²) in [5.41, 5.74) is 1.40. The predicted octanol–water partition coefficient (Wildman–Crippen LogP) is 1.56. The highest BCUT2D eigenvalue weighted by Gasteiger charge is 2.32. The molecule has 26 heavy (non-hydrogen) atoms. The van der Waals surface area contributed by atoms with Gasteiger partial charge in [0.25, 0.3) is 0 Å². The average molecular weight is 378 g/mol. The van der Waals surface area contributed by atoms with E-state index in [4.69, 9.17) is 9.47 Å². The van der Waals surface area contributed by atoms with Gasteiger partial charge in [0.2, 0.25) is 0 Å². The van der Waals surface area contributed by atoms with Gasteiger partial charge >= 0.3 is 0 Å². The second-order valence-corrected chi connectivity index (χ2v) is 7.38. The Kier molecular flexibility index (Phi) is 9.71. The monoisotopic (exact) mass is 377 g/mol. The van der Waals surface area contributed by atoms with Gasteiger partial charge in [0, 0.05) is 11.5 Å². The van der Waals surface area contributed by atoms with E-state index in [-0.39, 0.29) is 12.4 Å². The molecule has 144 valence electrons. The van der Waals surface area contributed by atoms with Crippen LogP contribution in [0.4, 0.5) is 0 Å². The molecule has 2 aromatic carbocycles. The Hall–Kier alpha value is -1.55. The molecule has 0 aliphatic heterocycles. The SMILES string of the molecule is CC(C)C(c1ccccc1)[N+](C)(C)CCOCCOc1ccccc1.[Cl-]. The van der Waals surface area contributed by atoms with Crippen LogP contribution in [0.1, 0.15) is 25.5 Å². The number of quaternary nitrogens is 1. The summed E-state index contributed by atoms with van der Waals surface area (Å²) in [6.07, 6.45) is 0. The van der Waals surface area contributed by atoms with Crippen LogP contribution in [0, 0.1) is 5.92 Å². The fraction of sp³-hybridized carbons (Fsp3) is 0.455. The summed E-state index contributed by atoms with van der Waals surface area (Å²) < 4.78 is 12.4. The number of rotatable bonds is 10. The Morgan fingerprint density at radius 1 is 0.808 bits per heavy atom. The van der Waals surface area contributed by atoms with Crippen molar-refractivity contribution in [2.75, 3.05) is 40.5 Å². The smallest absolute Gasteiger partial charge is 0.119 e. The molecule has 3 nitrogen and oxygen atoms in total. The van der Waals surface area contributed by atoms with E-state index in [9.17, 15) is 0 Å². The molecule has 1 atom stereocenters. The highest BCUT2D eigenvalue weighted by atomic mass is 35.5. The van der Waals surface area contributed by atoms with Gasteiger partial charge in [-0.1, -0.05) is 62.4 Å². The van der Waals surface area contributed by atoms with Gasteiger partial charge in [0.05, 0.1) is 27.3 Å². The van der Waals surface area contributed by atoms with Crippen LogP contribution in [-0.4, -0.2) is 44.9 Å². The lowest BCUT2D eigenvalue weighted by atomic mass is 9.93. The van der Waals surface area contributed by atoms with Crippen LogP contribution in [0.3, 0.4) is 0 Å². The van der Waals surface area contributed by atoms with E-state index in [0.29, 0.717) is 25.2 Å². The van der Waals surface area contributed by atoms with Gasteiger partial charge in [-0.25, -0.2) is 0 Å². The molecule has 4 heteroatoms. The molecular weight excluding hydrogens is 346 g/mol. The van der Waals surface area contributed by atoms with Gasteiger partial charge in [-0.2, -0.15) is 0 Å². The van der Waals surface area contributed by atoms with Crippen molar-refractivity contribution in [3.8, 4) is 5.75 Å². The molecule has 0 heterocycles. The molecule has 0 N–H and O–H groups in total. The van der Waals surface area contributed by atoms with Crippen LogP contribution in [0.15, 0.2) is 60.7 Å². The zero-order valence-corrected chi connectivity index (χ0v) is 17.2. The van der Waals surface area contributed by atoms with Gasteiger partial charge in [-0.3, -0.25) is 0 Å². The zero-order chi connectivity index (χ0) is 18.1. The minimum absolute atomic E-state index is 0. The maximum Gasteiger partial charge on any atom is 0.119 e. The summed E-state index contributed by atoms with van der Waals surface area (Å²) in [6, 6.07) is 21.1. The molecule has 0 amide bonds. The van der Waals surface area contributed by atoms with Gasteiger partial charge in [0.1, 0.15) is 24.9 Å². The van der Waals surface area contributed by atoms with Crippen LogP contribution in [0.2, 0.25) is 0 Å². The fourth-order valence-electron chi connectivity index (χ4n) is 3.52. The molecule has 1 unspecified atom stereocenters. The predicted molar refractivity (Wildman–Crippen MR) is 104 cm³/mol. The number of para-hydroxylation sites is 1. The minimum atomic E-state index is 0. The summed E-state index contributed by atoms with van der Waals surface area (Å²) in [7, 11) is 4.59. The average Bonchev–Trinajstić information content (AvgIpc) is 2.59. The summed E-state index contributed by atoms with van der Waals surface area (Å²) in [4.78, 5) is 0. The first-order valence-electron chi connectivity index (χ1n) is 9.14. The van der Waals surface area contributed by atoms with Crippen LogP contribution in [-0.2, 0) is 4.74 Å². The lowest BCUT2D eigenvalue weighted by molar-refractivity contribution is -0.925. The summed E-state index contributed by atoms with van der Waals surface area (Å²) in [5, 5.41) is 0. The molecule has 0 saturated heterocycles. The van der Waals surface area contributed by atoms with Crippen molar-refractivity contribution in [2.24, 2.45) is 5.92 Å². The Bertz CT molecular complexity index is 602. The van der Waals surface area contributed by atoms with Crippen molar-refractivity contribution in [1.29, 1.82) is 0 Å². The van der Waals surface area contributed by atoms with Gasteiger partial charge < -0.3 is 26.4 Å². The third-order valence-electron chi connectivity index (χ3n) is 4.58. The van der Waals surface area contributed by atoms with Crippen molar-refractivity contribution in [3.63, 3.8) is 0 Å². The van der Waals surface area contributed by atoms with Crippen molar-refractivity contribution in [2.45, 2.75) is 19.9 Å². The van der Waals surface area contributed by atoms with Gasteiger partial charge in [-0.15, -0.1) is 0 Å². The molecule has 0 saturated carbocycles. The second-order valence-electron chi connectivity index (χ2n) is 7.38. The fourth-order valence-corrected chi connectivity index (χ4v) is 3.52. The number of hydrogen-bond donors (Lipinski definition) is 0. The first-order valence-corrected chi connectivity index (χ1v) is 9.14. The number of nitrogens with zero attached hydrogens (tertiary/aromatic N) is 1. The Balaban J connectivity index is 0.00000338.